The summed E-state index contributed by atoms with van der Waals surface area (Å²) in [4.78, 5) is 14.8. The van der Waals surface area contributed by atoms with Gasteiger partial charge in [-0.15, -0.1) is 0 Å². The van der Waals surface area contributed by atoms with Crippen LogP contribution < -0.4 is 11.1 Å². The Labute approximate surface area is 109 Å². The number of likely N-dealkylation sites (tertiary alicyclic amines) is 1. The molecule has 3 aliphatic rings. The van der Waals surface area contributed by atoms with Crippen molar-refractivity contribution in [1.29, 1.82) is 0 Å². The average molecular weight is 251 g/mol. The van der Waals surface area contributed by atoms with E-state index in [4.69, 9.17) is 5.73 Å². The summed E-state index contributed by atoms with van der Waals surface area (Å²) in [5.41, 5.74) is 5.62. The molecule has 3 fully saturated rings. The molecule has 0 spiro atoms. The summed E-state index contributed by atoms with van der Waals surface area (Å²) in [6.45, 7) is 2.29. The summed E-state index contributed by atoms with van der Waals surface area (Å²) < 4.78 is 0. The summed E-state index contributed by atoms with van der Waals surface area (Å²) in [5, 5.41) is 3.19. The molecule has 4 nitrogen and oxygen atoms in total. The summed E-state index contributed by atoms with van der Waals surface area (Å²) in [5.74, 6) is 0.102. The Morgan fingerprint density at radius 2 is 1.72 bits per heavy atom. The van der Waals surface area contributed by atoms with Crippen molar-refractivity contribution < 1.29 is 4.79 Å². The Hall–Kier alpha value is -0.610. The van der Waals surface area contributed by atoms with Crippen molar-refractivity contribution in [3.63, 3.8) is 0 Å². The standard InChI is InChI=1S/C14H25N3O/c15-14(7-1-2-8-14)13(18)16-11-5-9-17(10-6-11)12-3-4-12/h11-12H,1-10,15H2,(H,16,18). The van der Waals surface area contributed by atoms with E-state index < -0.39 is 5.54 Å². The molecule has 2 aliphatic carbocycles. The van der Waals surface area contributed by atoms with Crippen LogP contribution in [0.15, 0.2) is 0 Å². The van der Waals surface area contributed by atoms with Gasteiger partial charge in [0.1, 0.15) is 0 Å². The van der Waals surface area contributed by atoms with E-state index in [0.717, 1.165) is 57.7 Å². The monoisotopic (exact) mass is 251 g/mol. The molecule has 1 amide bonds. The SMILES string of the molecule is NC1(C(=O)NC2CCN(C3CC3)CC2)CCCC1. The third-order valence-electron chi connectivity index (χ3n) is 4.88. The minimum absolute atomic E-state index is 0.102. The first-order chi connectivity index (χ1) is 8.67. The van der Waals surface area contributed by atoms with Gasteiger partial charge >= 0.3 is 0 Å². The van der Waals surface area contributed by atoms with E-state index in [1.54, 1.807) is 0 Å². The van der Waals surface area contributed by atoms with E-state index >= 15 is 0 Å². The molecule has 3 rings (SSSR count). The largest absolute Gasteiger partial charge is 0.352 e. The van der Waals surface area contributed by atoms with Gasteiger partial charge < -0.3 is 16.0 Å². The smallest absolute Gasteiger partial charge is 0.240 e. The van der Waals surface area contributed by atoms with Crippen LogP contribution in [0, 0.1) is 0 Å². The molecule has 0 aromatic heterocycles. The fraction of sp³-hybridized carbons (Fsp3) is 0.929. The number of nitrogens with two attached hydrogens (primary N) is 1. The van der Waals surface area contributed by atoms with Crippen LogP contribution >= 0.6 is 0 Å². The lowest BCUT2D eigenvalue weighted by Crippen LogP contribution is -2.56. The van der Waals surface area contributed by atoms with Gasteiger partial charge in [0.25, 0.3) is 0 Å². The molecule has 0 radical (unpaired) electrons. The van der Waals surface area contributed by atoms with Crippen LogP contribution in [-0.2, 0) is 4.79 Å². The molecular formula is C14H25N3O. The predicted octanol–water partition coefficient (Wildman–Crippen LogP) is 1.00. The lowest BCUT2D eigenvalue weighted by molar-refractivity contribution is -0.127. The molecule has 1 aliphatic heterocycles. The van der Waals surface area contributed by atoms with Crippen molar-refractivity contribution in [3.05, 3.63) is 0 Å². The molecule has 1 saturated heterocycles. The Bertz CT molecular complexity index is 313. The van der Waals surface area contributed by atoms with Gasteiger partial charge in [0.2, 0.25) is 5.91 Å². The second-order valence-corrected chi connectivity index (χ2v) is 6.38. The number of hydrogen-bond donors (Lipinski definition) is 2. The normalized spacial score (nSPS) is 29.4. The maximum atomic E-state index is 12.2. The Balaban J connectivity index is 1.47. The van der Waals surface area contributed by atoms with E-state index in [0.29, 0.717) is 6.04 Å². The van der Waals surface area contributed by atoms with E-state index in [-0.39, 0.29) is 5.91 Å². The summed E-state index contributed by atoms with van der Waals surface area (Å²) in [7, 11) is 0. The molecule has 18 heavy (non-hydrogen) atoms. The Morgan fingerprint density at radius 1 is 1.11 bits per heavy atom. The van der Waals surface area contributed by atoms with Crippen molar-refractivity contribution in [1.82, 2.24) is 10.2 Å². The number of amides is 1. The van der Waals surface area contributed by atoms with Crippen LogP contribution in [0.1, 0.15) is 51.4 Å². The molecular weight excluding hydrogens is 226 g/mol. The highest BCUT2D eigenvalue weighted by Gasteiger charge is 2.38. The number of nitrogens with one attached hydrogen (secondary N) is 1. The summed E-state index contributed by atoms with van der Waals surface area (Å²) in [6, 6.07) is 1.21. The minimum Gasteiger partial charge on any atom is -0.352 e. The van der Waals surface area contributed by atoms with E-state index in [2.05, 4.69) is 10.2 Å². The van der Waals surface area contributed by atoms with E-state index in [1.807, 2.05) is 0 Å². The highest BCUT2D eigenvalue weighted by Crippen LogP contribution is 2.30. The quantitative estimate of drug-likeness (QED) is 0.787. The third kappa shape index (κ3) is 2.54. The maximum Gasteiger partial charge on any atom is 0.240 e. The summed E-state index contributed by atoms with van der Waals surface area (Å²) in [6.07, 6.45) is 8.87. The van der Waals surface area contributed by atoms with Crippen LogP contribution in [0.4, 0.5) is 0 Å². The van der Waals surface area contributed by atoms with Crippen molar-refractivity contribution in [2.24, 2.45) is 5.73 Å². The van der Waals surface area contributed by atoms with E-state index in [9.17, 15) is 4.79 Å². The molecule has 1 heterocycles. The first-order valence-electron chi connectivity index (χ1n) is 7.51. The summed E-state index contributed by atoms with van der Waals surface area (Å²) >= 11 is 0. The first kappa shape index (κ1) is 12.4. The molecule has 102 valence electrons. The number of piperidine rings is 1. The number of hydrogen-bond acceptors (Lipinski definition) is 3. The van der Waals surface area contributed by atoms with Gasteiger partial charge in [0.15, 0.2) is 0 Å². The van der Waals surface area contributed by atoms with Gasteiger partial charge in [0, 0.05) is 25.2 Å². The van der Waals surface area contributed by atoms with Crippen LogP contribution in [0.5, 0.6) is 0 Å². The van der Waals surface area contributed by atoms with Crippen molar-refractivity contribution in [3.8, 4) is 0 Å². The highest BCUT2D eigenvalue weighted by molar-refractivity contribution is 5.86. The zero-order valence-electron chi connectivity index (χ0n) is 11.2. The van der Waals surface area contributed by atoms with Crippen LogP contribution in [0.2, 0.25) is 0 Å². The van der Waals surface area contributed by atoms with Gasteiger partial charge in [-0.1, -0.05) is 12.8 Å². The highest BCUT2D eigenvalue weighted by atomic mass is 16.2. The molecule has 3 N–H and O–H groups in total. The second-order valence-electron chi connectivity index (χ2n) is 6.38. The topological polar surface area (TPSA) is 58.4 Å². The van der Waals surface area contributed by atoms with Crippen LogP contribution in [0.3, 0.4) is 0 Å². The zero-order chi connectivity index (χ0) is 12.6. The van der Waals surface area contributed by atoms with Gasteiger partial charge in [-0.25, -0.2) is 0 Å². The van der Waals surface area contributed by atoms with Crippen molar-refractivity contribution >= 4 is 5.91 Å². The van der Waals surface area contributed by atoms with Gasteiger partial charge in [-0.3, -0.25) is 4.79 Å². The van der Waals surface area contributed by atoms with Gasteiger partial charge in [-0.2, -0.15) is 0 Å². The molecule has 0 unspecified atom stereocenters. The van der Waals surface area contributed by atoms with Crippen LogP contribution in [0.25, 0.3) is 0 Å². The van der Waals surface area contributed by atoms with E-state index in [1.165, 1.54) is 12.8 Å². The maximum absolute atomic E-state index is 12.2. The third-order valence-corrected chi connectivity index (χ3v) is 4.88. The van der Waals surface area contributed by atoms with Gasteiger partial charge in [-0.05, 0) is 38.5 Å². The lowest BCUT2D eigenvalue weighted by Gasteiger charge is -2.34. The molecule has 2 saturated carbocycles. The fourth-order valence-electron chi connectivity index (χ4n) is 3.41. The lowest BCUT2D eigenvalue weighted by atomic mass is 9.96. The number of nitrogens with zero attached hydrogens (tertiary/aromatic N) is 1. The number of rotatable bonds is 3. The number of carbonyl (C=O) groups is 1. The Morgan fingerprint density at radius 3 is 2.28 bits per heavy atom. The fourth-order valence-corrected chi connectivity index (χ4v) is 3.41. The Kier molecular flexibility index (Phi) is 3.32. The first-order valence-corrected chi connectivity index (χ1v) is 7.51. The average Bonchev–Trinajstić information content (AvgIpc) is 3.13. The van der Waals surface area contributed by atoms with Crippen LogP contribution in [-0.4, -0.2) is 41.5 Å². The molecule has 0 aromatic carbocycles. The number of carbonyl (C=O) groups excluding carboxylic acids is 1. The minimum atomic E-state index is -0.562. The van der Waals surface area contributed by atoms with Crippen molar-refractivity contribution in [2.75, 3.05) is 13.1 Å². The predicted molar refractivity (Wildman–Crippen MR) is 71.1 cm³/mol. The van der Waals surface area contributed by atoms with Gasteiger partial charge in [0.05, 0.1) is 5.54 Å². The zero-order valence-corrected chi connectivity index (χ0v) is 11.2. The second kappa shape index (κ2) is 4.82. The molecule has 4 heteroatoms. The molecule has 0 aromatic rings. The van der Waals surface area contributed by atoms with Crippen molar-refractivity contribution in [2.45, 2.75) is 69.0 Å². The molecule has 0 atom stereocenters. The molecule has 0 bridgehead atoms.